The van der Waals surface area contributed by atoms with Crippen LogP contribution < -0.4 is 16.0 Å². The van der Waals surface area contributed by atoms with Crippen molar-refractivity contribution in [2.75, 3.05) is 6.54 Å². The summed E-state index contributed by atoms with van der Waals surface area (Å²) >= 11 is 3.52. The lowest BCUT2D eigenvalue weighted by molar-refractivity contribution is -0.132. The van der Waals surface area contributed by atoms with Crippen molar-refractivity contribution in [3.05, 3.63) is 51.4 Å². The molecule has 0 amide bonds. The van der Waals surface area contributed by atoms with Crippen molar-refractivity contribution in [1.82, 2.24) is 24.5 Å². The van der Waals surface area contributed by atoms with E-state index in [2.05, 4.69) is 40.4 Å². The van der Waals surface area contributed by atoms with E-state index in [1.807, 2.05) is 24.4 Å². The summed E-state index contributed by atoms with van der Waals surface area (Å²) < 4.78 is 8.03. The molecule has 5 aromatic rings. The summed E-state index contributed by atoms with van der Waals surface area (Å²) in [5.74, 6) is -0.473. The summed E-state index contributed by atoms with van der Waals surface area (Å²) in [6.07, 6.45) is 2.77. The normalized spacial score (nSPS) is 11.6. The first kappa shape index (κ1) is 20.4. The zero-order valence-electron chi connectivity index (χ0n) is 17.1. The fourth-order valence-electron chi connectivity index (χ4n) is 3.84. The van der Waals surface area contributed by atoms with Crippen LogP contribution in [-0.2, 0) is 11.3 Å². The number of aromatic nitrogens is 5. The zero-order valence-corrected chi connectivity index (χ0v) is 18.7. The molecule has 162 valence electrons. The van der Waals surface area contributed by atoms with Crippen LogP contribution in [0.2, 0.25) is 0 Å². The Labute approximate surface area is 189 Å². The fraction of sp³-hybridized carbons (Fsp3) is 0.182. The Morgan fingerprint density at radius 2 is 1.91 bits per heavy atom. The van der Waals surface area contributed by atoms with Crippen molar-refractivity contribution in [3.8, 4) is 17.3 Å². The number of hydrogen-bond donors (Lipinski definition) is 3. The highest BCUT2D eigenvalue weighted by atomic mass is 79.9. The molecular weight excluding hydrogens is 476 g/mol. The minimum absolute atomic E-state index is 0.0956. The molecule has 0 aliphatic rings. The van der Waals surface area contributed by atoms with Gasteiger partial charge >= 0.3 is 12.0 Å². The molecule has 0 saturated carbocycles. The number of H-pyrrole nitrogens is 2. The van der Waals surface area contributed by atoms with Crippen molar-refractivity contribution in [3.63, 3.8) is 0 Å². The topological polar surface area (TPSA) is 132 Å². The average Bonchev–Trinajstić information content (AvgIpc) is 3.29. The Kier molecular flexibility index (Phi) is 5.03. The van der Waals surface area contributed by atoms with Gasteiger partial charge in [-0.1, -0.05) is 15.9 Å². The monoisotopic (exact) mass is 494 g/mol. The van der Waals surface area contributed by atoms with Crippen LogP contribution in [-0.4, -0.2) is 37.0 Å². The van der Waals surface area contributed by atoms with Gasteiger partial charge in [-0.25, -0.2) is 4.98 Å². The second kappa shape index (κ2) is 7.88. The van der Waals surface area contributed by atoms with E-state index in [1.54, 1.807) is 12.1 Å². The third kappa shape index (κ3) is 3.57. The third-order valence-corrected chi connectivity index (χ3v) is 5.71. The van der Waals surface area contributed by atoms with Crippen LogP contribution in [0.5, 0.6) is 6.01 Å². The molecule has 2 aromatic carbocycles. The maximum atomic E-state index is 13.0. The van der Waals surface area contributed by atoms with Gasteiger partial charge in [0.05, 0.1) is 22.1 Å². The van der Waals surface area contributed by atoms with Gasteiger partial charge in [0.1, 0.15) is 5.69 Å². The van der Waals surface area contributed by atoms with Crippen LogP contribution in [0.25, 0.3) is 44.2 Å². The van der Waals surface area contributed by atoms with E-state index in [0.717, 1.165) is 33.9 Å². The van der Waals surface area contributed by atoms with Crippen LogP contribution in [0.1, 0.15) is 13.3 Å². The van der Waals surface area contributed by atoms with Crippen molar-refractivity contribution in [1.29, 1.82) is 0 Å². The van der Waals surface area contributed by atoms with Gasteiger partial charge in [0.15, 0.2) is 0 Å². The number of ether oxygens (including phenoxy) is 1. The number of halogens is 1. The lowest BCUT2D eigenvalue weighted by Crippen LogP contribution is -2.11. The van der Waals surface area contributed by atoms with Gasteiger partial charge in [0.2, 0.25) is 0 Å². The second-order valence-electron chi connectivity index (χ2n) is 7.48. The molecule has 3 aromatic heterocycles. The predicted molar refractivity (Wildman–Crippen MR) is 126 cm³/mol. The van der Waals surface area contributed by atoms with Gasteiger partial charge < -0.3 is 25.0 Å². The molecular formula is C22H19BrN6O3. The summed E-state index contributed by atoms with van der Waals surface area (Å²) in [4.78, 5) is 39.0. The third-order valence-electron chi connectivity index (χ3n) is 5.21. The molecule has 4 N–H and O–H groups in total. The molecule has 9 nitrogen and oxygen atoms in total. The Bertz CT molecular complexity index is 1570. The fourth-order valence-corrected chi connectivity index (χ4v) is 4.20. The van der Waals surface area contributed by atoms with Crippen LogP contribution in [0.3, 0.4) is 0 Å². The average molecular weight is 495 g/mol. The molecule has 3 heterocycles. The van der Waals surface area contributed by atoms with Crippen molar-refractivity contribution >= 4 is 54.9 Å². The Balaban J connectivity index is 1.70. The van der Waals surface area contributed by atoms with Gasteiger partial charge in [0, 0.05) is 40.6 Å². The van der Waals surface area contributed by atoms with Crippen molar-refractivity contribution in [2.45, 2.75) is 19.9 Å². The number of hydrogen-bond acceptors (Lipinski definition) is 6. The molecule has 0 fully saturated rings. The number of rotatable bonds is 5. The molecule has 0 radical (unpaired) electrons. The molecule has 10 heteroatoms. The first-order chi connectivity index (χ1) is 15.4. The quantitative estimate of drug-likeness (QED) is 0.320. The van der Waals surface area contributed by atoms with Crippen LogP contribution >= 0.6 is 15.9 Å². The van der Waals surface area contributed by atoms with E-state index in [4.69, 9.17) is 10.5 Å². The van der Waals surface area contributed by atoms with Crippen LogP contribution in [0.15, 0.2) is 45.8 Å². The second-order valence-corrected chi connectivity index (χ2v) is 8.39. The SMILES string of the molecule is CC(=O)Oc1nc2cc3[nH]c(=O)c(-c4cn(CCCN)c5ccc(Br)cc45)nc3cc2[nH]1. The van der Waals surface area contributed by atoms with Crippen LogP contribution in [0, 0.1) is 0 Å². The highest BCUT2D eigenvalue weighted by Gasteiger charge is 2.17. The number of fused-ring (bicyclic) bond motifs is 3. The number of esters is 1. The molecule has 0 atom stereocenters. The smallest absolute Gasteiger partial charge is 0.310 e. The van der Waals surface area contributed by atoms with E-state index in [-0.39, 0.29) is 11.6 Å². The van der Waals surface area contributed by atoms with Gasteiger partial charge in [-0.05, 0) is 43.3 Å². The van der Waals surface area contributed by atoms with E-state index in [9.17, 15) is 9.59 Å². The first-order valence-corrected chi connectivity index (χ1v) is 10.8. The molecule has 5 rings (SSSR count). The summed E-state index contributed by atoms with van der Waals surface area (Å²) in [6.45, 7) is 2.63. The largest absolute Gasteiger partial charge is 0.392 e. The number of nitrogens with one attached hydrogen (secondary N) is 2. The van der Waals surface area contributed by atoms with E-state index in [1.165, 1.54) is 6.92 Å². The highest BCUT2D eigenvalue weighted by Crippen LogP contribution is 2.31. The number of nitrogens with zero attached hydrogens (tertiary/aromatic N) is 3. The standard InChI is InChI=1S/C22H19BrN6O3/c1-11(30)32-22-27-17-8-15-16(9-18(17)28-22)26-21(31)20(25-15)14-10-29(6-2-5-24)19-4-3-12(23)7-13(14)19/h3-4,7-10H,2,5-6,24H2,1H3,(H,26,31)(H,27,28). The maximum absolute atomic E-state index is 13.0. The Morgan fingerprint density at radius 1 is 1.16 bits per heavy atom. The van der Waals surface area contributed by atoms with Gasteiger partial charge in [-0.15, -0.1) is 0 Å². The van der Waals surface area contributed by atoms with Gasteiger partial charge in [-0.2, -0.15) is 4.98 Å². The molecule has 0 spiro atoms. The molecule has 0 unspecified atom stereocenters. The number of carbonyl (C=O) groups excluding carboxylic acids is 1. The number of benzene rings is 2. The number of carbonyl (C=O) groups is 1. The summed E-state index contributed by atoms with van der Waals surface area (Å²) in [5.41, 5.74) is 9.80. The molecule has 0 aliphatic carbocycles. The minimum Gasteiger partial charge on any atom is -0.392 e. The summed E-state index contributed by atoms with van der Waals surface area (Å²) in [5, 5.41) is 0.925. The lowest BCUT2D eigenvalue weighted by Gasteiger charge is -2.03. The predicted octanol–water partition coefficient (Wildman–Crippen LogP) is 3.46. The Hall–Kier alpha value is -3.50. The highest BCUT2D eigenvalue weighted by molar-refractivity contribution is 9.10. The number of nitrogens with two attached hydrogens (primary N) is 1. The Morgan fingerprint density at radius 3 is 2.66 bits per heavy atom. The summed E-state index contributed by atoms with van der Waals surface area (Å²) in [7, 11) is 0. The summed E-state index contributed by atoms with van der Waals surface area (Å²) in [6, 6.07) is 9.54. The maximum Gasteiger partial charge on any atom is 0.310 e. The number of aromatic amines is 2. The van der Waals surface area contributed by atoms with Gasteiger partial charge in [0.25, 0.3) is 5.56 Å². The van der Waals surface area contributed by atoms with E-state index >= 15 is 0 Å². The van der Waals surface area contributed by atoms with E-state index in [0.29, 0.717) is 34.3 Å². The molecule has 0 aliphatic heterocycles. The lowest BCUT2D eigenvalue weighted by atomic mass is 10.1. The van der Waals surface area contributed by atoms with Crippen molar-refractivity contribution in [2.24, 2.45) is 5.73 Å². The van der Waals surface area contributed by atoms with Crippen LogP contribution in [0.4, 0.5) is 0 Å². The van der Waals surface area contributed by atoms with E-state index < -0.39 is 5.97 Å². The number of aryl methyl sites for hydroxylation is 1. The molecule has 32 heavy (non-hydrogen) atoms. The van der Waals surface area contributed by atoms with Gasteiger partial charge in [-0.3, -0.25) is 9.59 Å². The van der Waals surface area contributed by atoms with Crippen molar-refractivity contribution < 1.29 is 9.53 Å². The molecule has 0 bridgehead atoms. The zero-order chi connectivity index (χ0) is 22.4. The number of imidazole rings is 1. The first-order valence-electron chi connectivity index (χ1n) is 10.0. The molecule has 0 saturated heterocycles. The minimum atomic E-state index is -0.473.